The molecule has 1 heterocycles. The highest BCUT2D eigenvalue weighted by Crippen LogP contribution is 2.43. The van der Waals surface area contributed by atoms with E-state index in [4.69, 9.17) is 14.2 Å². The predicted octanol–water partition coefficient (Wildman–Crippen LogP) is 4.52. The van der Waals surface area contributed by atoms with E-state index in [0.29, 0.717) is 21.4 Å². The second kappa shape index (κ2) is 10.6. The average Bonchev–Trinajstić information content (AvgIpc) is 2.78. The zero-order valence-electron chi connectivity index (χ0n) is 19.2. The van der Waals surface area contributed by atoms with Gasteiger partial charge in [0.2, 0.25) is 5.91 Å². The van der Waals surface area contributed by atoms with Gasteiger partial charge in [-0.3, -0.25) is 14.5 Å². The van der Waals surface area contributed by atoms with Gasteiger partial charge in [-0.1, -0.05) is 28.1 Å². The number of methoxy groups -OCH3 is 1. The maximum absolute atomic E-state index is 13.4. The number of anilines is 1. The van der Waals surface area contributed by atoms with Gasteiger partial charge in [-0.15, -0.1) is 0 Å². The Morgan fingerprint density at radius 2 is 1.85 bits per heavy atom. The molecule has 0 radical (unpaired) electrons. The van der Waals surface area contributed by atoms with Crippen LogP contribution >= 0.6 is 15.9 Å². The summed E-state index contributed by atoms with van der Waals surface area (Å²) in [6.07, 6.45) is -0.0795. The number of carbonyl (C=O) groups is 4. The Kier molecular flexibility index (Phi) is 7.88. The molecule has 0 spiro atoms. The van der Waals surface area contributed by atoms with E-state index in [2.05, 4.69) is 15.9 Å². The van der Waals surface area contributed by atoms with Gasteiger partial charge in [0.15, 0.2) is 0 Å². The summed E-state index contributed by atoms with van der Waals surface area (Å²) < 4.78 is 16.2. The van der Waals surface area contributed by atoms with Crippen LogP contribution in [-0.2, 0) is 23.9 Å². The average molecular weight is 530 g/mol. The third-order valence-electron chi connectivity index (χ3n) is 5.33. The third-order valence-corrected chi connectivity index (χ3v) is 5.82. The normalized spacial score (nSPS) is 15.7. The van der Waals surface area contributed by atoms with E-state index < -0.39 is 23.8 Å². The first-order valence-electron chi connectivity index (χ1n) is 10.5. The molecular formula is C25H24BrNO7. The molecule has 2 aromatic carbocycles. The molecule has 1 atom stereocenters. The van der Waals surface area contributed by atoms with Crippen LogP contribution in [0.15, 0.2) is 58.2 Å². The number of hydrogen-bond donors (Lipinski definition) is 0. The van der Waals surface area contributed by atoms with E-state index in [1.165, 1.54) is 25.0 Å². The molecule has 0 aliphatic carbocycles. The summed E-state index contributed by atoms with van der Waals surface area (Å²) in [4.78, 5) is 51.6. The Hall–Kier alpha value is -3.46. The number of hydrogen-bond acceptors (Lipinski definition) is 7. The van der Waals surface area contributed by atoms with Gasteiger partial charge >= 0.3 is 17.9 Å². The van der Waals surface area contributed by atoms with Gasteiger partial charge in [0, 0.05) is 40.7 Å². The van der Waals surface area contributed by atoms with Crippen LogP contribution in [0.3, 0.4) is 0 Å². The number of amides is 1. The molecule has 1 aliphatic heterocycles. The Morgan fingerprint density at radius 3 is 2.50 bits per heavy atom. The lowest BCUT2D eigenvalue weighted by Gasteiger charge is -2.35. The van der Waals surface area contributed by atoms with E-state index >= 15 is 0 Å². The van der Waals surface area contributed by atoms with Crippen LogP contribution in [0.1, 0.15) is 49.0 Å². The Morgan fingerprint density at radius 1 is 1.12 bits per heavy atom. The van der Waals surface area contributed by atoms with Gasteiger partial charge in [0.1, 0.15) is 5.75 Å². The van der Waals surface area contributed by atoms with Gasteiger partial charge in [0.25, 0.3) is 0 Å². The minimum absolute atomic E-state index is 0.0795. The van der Waals surface area contributed by atoms with Gasteiger partial charge in [0.05, 0.1) is 24.9 Å². The fourth-order valence-electron chi connectivity index (χ4n) is 3.96. The molecule has 3 rings (SSSR count). The number of allylic oxidation sites excluding steroid dienone is 1. The zero-order valence-corrected chi connectivity index (χ0v) is 20.8. The lowest BCUT2D eigenvalue weighted by atomic mass is 9.83. The van der Waals surface area contributed by atoms with E-state index in [0.717, 1.165) is 0 Å². The predicted molar refractivity (Wildman–Crippen MR) is 127 cm³/mol. The van der Waals surface area contributed by atoms with Crippen LogP contribution in [0.2, 0.25) is 0 Å². The number of benzene rings is 2. The maximum atomic E-state index is 13.4. The van der Waals surface area contributed by atoms with Crippen molar-refractivity contribution in [2.45, 2.75) is 33.1 Å². The topological polar surface area (TPSA) is 99.2 Å². The lowest BCUT2D eigenvalue weighted by Crippen LogP contribution is -2.38. The number of ether oxygens (including phenoxy) is 3. The first kappa shape index (κ1) is 25.2. The quantitative estimate of drug-likeness (QED) is 0.400. The lowest BCUT2D eigenvalue weighted by molar-refractivity contribution is -0.139. The zero-order chi connectivity index (χ0) is 25.0. The molecule has 0 bridgehead atoms. The molecule has 178 valence electrons. The minimum atomic E-state index is -0.700. The van der Waals surface area contributed by atoms with Gasteiger partial charge in [-0.2, -0.15) is 0 Å². The van der Waals surface area contributed by atoms with Gasteiger partial charge in [-0.25, -0.2) is 9.59 Å². The molecule has 0 N–H and O–H groups in total. The van der Waals surface area contributed by atoms with Crippen molar-refractivity contribution in [3.05, 3.63) is 69.3 Å². The number of rotatable bonds is 6. The van der Waals surface area contributed by atoms with Crippen molar-refractivity contribution in [2.24, 2.45) is 0 Å². The molecule has 34 heavy (non-hydrogen) atoms. The van der Waals surface area contributed by atoms with Gasteiger partial charge in [-0.05, 0) is 44.2 Å². The van der Waals surface area contributed by atoms with Crippen LogP contribution in [0.4, 0.5) is 5.69 Å². The van der Waals surface area contributed by atoms with Crippen molar-refractivity contribution in [1.82, 2.24) is 0 Å². The largest absolute Gasteiger partial charge is 0.465 e. The summed E-state index contributed by atoms with van der Waals surface area (Å²) in [5, 5.41) is 0. The molecule has 0 aromatic heterocycles. The maximum Gasteiger partial charge on any atom is 0.337 e. The molecule has 1 unspecified atom stereocenters. The van der Waals surface area contributed by atoms with Crippen LogP contribution in [-0.4, -0.2) is 37.5 Å². The first-order valence-corrected chi connectivity index (χ1v) is 11.3. The SMILES string of the molecule is CCOC(=O)C1=C(C)N(c2cccc(C(=O)OC)c2)C(=O)CC1c1ccc(Br)cc1OC(C)=O. The summed E-state index contributed by atoms with van der Waals surface area (Å²) >= 11 is 3.36. The molecule has 2 aromatic rings. The van der Waals surface area contributed by atoms with Crippen molar-refractivity contribution in [3.8, 4) is 5.75 Å². The summed E-state index contributed by atoms with van der Waals surface area (Å²) in [6, 6.07) is 11.5. The minimum Gasteiger partial charge on any atom is -0.465 e. The highest BCUT2D eigenvalue weighted by atomic mass is 79.9. The highest BCUT2D eigenvalue weighted by molar-refractivity contribution is 9.10. The summed E-state index contributed by atoms with van der Waals surface area (Å²) in [6.45, 7) is 4.76. The molecule has 9 heteroatoms. The fourth-order valence-corrected chi connectivity index (χ4v) is 4.30. The number of nitrogens with zero attached hydrogens (tertiary/aromatic N) is 1. The van der Waals surface area contributed by atoms with Crippen molar-refractivity contribution < 1.29 is 33.4 Å². The van der Waals surface area contributed by atoms with Crippen molar-refractivity contribution in [3.63, 3.8) is 0 Å². The monoisotopic (exact) mass is 529 g/mol. The van der Waals surface area contributed by atoms with Crippen molar-refractivity contribution >= 4 is 45.4 Å². The fraction of sp³-hybridized carbons (Fsp3) is 0.280. The van der Waals surface area contributed by atoms with E-state index in [1.807, 2.05) is 0 Å². The smallest absolute Gasteiger partial charge is 0.337 e. The summed E-state index contributed by atoms with van der Waals surface area (Å²) in [5.41, 5.74) is 1.82. The number of halogens is 1. The third kappa shape index (κ3) is 5.20. The Balaban J connectivity index is 2.18. The van der Waals surface area contributed by atoms with Crippen LogP contribution in [0.25, 0.3) is 0 Å². The second-order valence-electron chi connectivity index (χ2n) is 7.52. The highest BCUT2D eigenvalue weighted by Gasteiger charge is 2.39. The van der Waals surface area contributed by atoms with Crippen LogP contribution in [0, 0.1) is 0 Å². The van der Waals surface area contributed by atoms with Crippen LogP contribution in [0.5, 0.6) is 5.75 Å². The summed E-state index contributed by atoms with van der Waals surface area (Å²) in [7, 11) is 1.27. The molecule has 0 fully saturated rings. The Labute approximate surface area is 205 Å². The standard InChI is InChI=1S/C25H24BrNO7/c1-5-33-25(31)23-14(2)27(18-8-6-7-16(11-18)24(30)32-4)22(29)13-20(23)19-10-9-17(26)12-21(19)34-15(3)28/h6-12,20H,5,13H2,1-4H3. The van der Waals surface area contributed by atoms with E-state index in [9.17, 15) is 19.2 Å². The Bertz CT molecular complexity index is 1190. The molecule has 1 aliphatic rings. The second-order valence-corrected chi connectivity index (χ2v) is 8.44. The van der Waals surface area contributed by atoms with Crippen molar-refractivity contribution in [2.75, 3.05) is 18.6 Å². The number of carbonyl (C=O) groups excluding carboxylic acids is 4. The molecule has 0 saturated carbocycles. The first-order chi connectivity index (χ1) is 16.2. The molecule has 0 saturated heterocycles. The van der Waals surface area contributed by atoms with Crippen molar-refractivity contribution in [1.29, 1.82) is 0 Å². The van der Waals surface area contributed by atoms with E-state index in [-0.39, 0.29) is 35.8 Å². The van der Waals surface area contributed by atoms with Crippen LogP contribution < -0.4 is 9.64 Å². The van der Waals surface area contributed by atoms with Gasteiger partial charge < -0.3 is 14.2 Å². The molecular weight excluding hydrogens is 506 g/mol. The van der Waals surface area contributed by atoms with E-state index in [1.54, 1.807) is 50.2 Å². The molecule has 1 amide bonds. The molecule has 8 nitrogen and oxygen atoms in total. The number of esters is 3. The summed E-state index contributed by atoms with van der Waals surface area (Å²) in [5.74, 6) is -2.40.